The summed E-state index contributed by atoms with van der Waals surface area (Å²) in [5.74, 6) is -0.111. The molecule has 0 saturated heterocycles. The molecular weight excluding hydrogens is 376 g/mol. The summed E-state index contributed by atoms with van der Waals surface area (Å²) in [6.07, 6.45) is 13.9. The van der Waals surface area contributed by atoms with Crippen molar-refractivity contribution < 1.29 is 17.9 Å². The highest BCUT2D eigenvalue weighted by molar-refractivity contribution is 7.90. The lowest BCUT2D eigenvalue weighted by Gasteiger charge is -2.19. The van der Waals surface area contributed by atoms with Crippen molar-refractivity contribution in [3.05, 3.63) is 36.6 Å². The molecule has 2 N–H and O–H groups in total. The van der Waals surface area contributed by atoms with E-state index in [4.69, 9.17) is 4.74 Å². The van der Waals surface area contributed by atoms with E-state index >= 15 is 0 Å². The van der Waals surface area contributed by atoms with Gasteiger partial charge in [0.15, 0.2) is 0 Å². The Balaban J connectivity index is 2.23. The number of sulfonamides is 1. The summed E-state index contributed by atoms with van der Waals surface area (Å²) >= 11 is 0. The van der Waals surface area contributed by atoms with E-state index in [1.54, 1.807) is 32.9 Å². The molecule has 0 aromatic carbocycles. The molecule has 28 heavy (non-hydrogen) atoms. The number of carbonyl (C=O) groups excluding carboxylic acids is 1. The first-order valence-electron chi connectivity index (χ1n) is 10.1. The van der Waals surface area contributed by atoms with Gasteiger partial charge in [0.1, 0.15) is 0 Å². The van der Waals surface area contributed by atoms with Crippen molar-refractivity contribution >= 4 is 15.9 Å². The molecule has 0 atom stereocenters. The molecule has 0 spiro atoms. The molecule has 6 nitrogen and oxygen atoms in total. The molecule has 0 bridgehead atoms. The van der Waals surface area contributed by atoms with Crippen molar-refractivity contribution in [2.75, 3.05) is 13.2 Å². The van der Waals surface area contributed by atoms with Gasteiger partial charge in [0.2, 0.25) is 15.9 Å². The Morgan fingerprint density at radius 3 is 2.50 bits per heavy atom. The third kappa shape index (κ3) is 9.66. The van der Waals surface area contributed by atoms with E-state index < -0.39 is 14.8 Å². The van der Waals surface area contributed by atoms with Crippen LogP contribution >= 0.6 is 0 Å². The summed E-state index contributed by atoms with van der Waals surface area (Å²) in [7, 11) is -3.33. The van der Waals surface area contributed by atoms with Gasteiger partial charge in [-0.05, 0) is 58.6 Å². The monoisotopic (exact) mass is 412 g/mol. The van der Waals surface area contributed by atoms with Crippen LogP contribution in [0.4, 0.5) is 0 Å². The van der Waals surface area contributed by atoms with Gasteiger partial charge in [-0.15, -0.1) is 0 Å². The summed E-state index contributed by atoms with van der Waals surface area (Å²) in [5.41, 5.74) is 0.635. The Morgan fingerprint density at radius 1 is 1.21 bits per heavy atom. The predicted octanol–water partition coefficient (Wildman–Crippen LogP) is 3.58. The molecule has 1 fully saturated rings. The summed E-state index contributed by atoms with van der Waals surface area (Å²) < 4.78 is 31.4. The minimum atomic E-state index is -3.33. The molecule has 1 aliphatic rings. The molecule has 0 heterocycles. The molecule has 1 amide bonds. The lowest BCUT2D eigenvalue weighted by Crippen LogP contribution is -2.39. The van der Waals surface area contributed by atoms with Crippen LogP contribution in [0.15, 0.2) is 36.6 Å². The Hall–Kier alpha value is -1.44. The number of ether oxygens (including phenoxy) is 1. The maximum Gasteiger partial charge on any atom is 0.224 e. The van der Waals surface area contributed by atoms with Crippen LogP contribution in [0.1, 0.15) is 65.7 Å². The summed E-state index contributed by atoms with van der Waals surface area (Å²) in [6.45, 7) is 9.58. The number of rotatable bonds is 12. The SMILES string of the molecule is C=C/C(=C\C=C/COC1CCCC1)NC(=O)CCCCNS(=O)(=O)C(C)(C)C. The second kappa shape index (κ2) is 12.2. The number of hydrogen-bond donors (Lipinski definition) is 2. The van der Waals surface area contributed by atoms with E-state index in [-0.39, 0.29) is 5.91 Å². The third-order valence-corrected chi connectivity index (χ3v) is 6.77. The van der Waals surface area contributed by atoms with Gasteiger partial charge in [0.05, 0.1) is 17.5 Å². The average molecular weight is 413 g/mol. The Morgan fingerprint density at radius 2 is 1.89 bits per heavy atom. The average Bonchev–Trinajstić information content (AvgIpc) is 3.12. The number of hydrogen-bond acceptors (Lipinski definition) is 4. The van der Waals surface area contributed by atoms with Crippen molar-refractivity contribution in [3.8, 4) is 0 Å². The zero-order chi connectivity index (χ0) is 21.0. The molecule has 1 saturated carbocycles. The molecular formula is C21H36N2O4S. The van der Waals surface area contributed by atoms with Crippen molar-refractivity contribution in [1.29, 1.82) is 0 Å². The zero-order valence-corrected chi connectivity index (χ0v) is 18.3. The lowest BCUT2D eigenvalue weighted by atomic mass is 10.2. The van der Waals surface area contributed by atoms with Crippen LogP contribution in [0.3, 0.4) is 0 Å². The molecule has 0 aromatic rings. The van der Waals surface area contributed by atoms with Crippen molar-refractivity contribution in [1.82, 2.24) is 10.0 Å². The Bertz CT molecular complexity index is 654. The first-order chi connectivity index (χ1) is 13.2. The van der Waals surface area contributed by atoms with Crippen LogP contribution in [0.2, 0.25) is 0 Å². The van der Waals surface area contributed by atoms with E-state index in [0.717, 1.165) is 12.8 Å². The summed E-state index contributed by atoms with van der Waals surface area (Å²) in [5, 5.41) is 2.80. The van der Waals surface area contributed by atoms with Gasteiger partial charge in [-0.2, -0.15) is 0 Å². The van der Waals surface area contributed by atoms with E-state index in [1.165, 1.54) is 12.8 Å². The van der Waals surface area contributed by atoms with Gasteiger partial charge >= 0.3 is 0 Å². The topological polar surface area (TPSA) is 84.5 Å². The Labute approximate surface area is 170 Å². The molecule has 0 radical (unpaired) electrons. The fourth-order valence-corrected chi connectivity index (χ4v) is 3.54. The molecule has 0 unspecified atom stereocenters. The van der Waals surface area contributed by atoms with Crippen LogP contribution < -0.4 is 10.0 Å². The molecule has 1 aliphatic carbocycles. The highest BCUT2D eigenvalue weighted by Gasteiger charge is 2.27. The van der Waals surface area contributed by atoms with Crippen molar-refractivity contribution in [2.24, 2.45) is 0 Å². The van der Waals surface area contributed by atoms with Crippen LogP contribution in [-0.4, -0.2) is 38.3 Å². The van der Waals surface area contributed by atoms with E-state index in [1.807, 2.05) is 12.2 Å². The normalized spacial score (nSPS) is 16.6. The standard InChI is InChI=1S/C21H36N2O4S/c1-5-18(12-9-11-17-27-19-13-6-7-14-19)23-20(24)15-8-10-16-22-28(25,26)21(2,3)4/h5,9,11-12,19,22H,1,6-8,10,13-17H2,2-4H3,(H,23,24)/b11-9-,18-12+. The summed E-state index contributed by atoms with van der Waals surface area (Å²) in [6, 6.07) is 0. The molecule has 0 aliphatic heterocycles. The number of allylic oxidation sites excluding steroid dienone is 3. The minimum absolute atomic E-state index is 0.111. The van der Waals surface area contributed by atoms with Gasteiger partial charge in [0.25, 0.3) is 0 Å². The van der Waals surface area contributed by atoms with Gasteiger partial charge in [0, 0.05) is 18.7 Å². The predicted molar refractivity (Wildman–Crippen MR) is 114 cm³/mol. The van der Waals surface area contributed by atoms with E-state index in [9.17, 15) is 13.2 Å². The van der Waals surface area contributed by atoms with Crippen LogP contribution in [0.5, 0.6) is 0 Å². The smallest absolute Gasteiger partial charge is 0.224 e. The minimum Gasteiger partial charge on any atom is -0.374 e. The van der Waals surface area contributed by atoms with Gasteiger partial charge in [-0.25, -0.2) is 13.1 Å². The third-order valence-electron chi connectivity index (χ3n) is 4.57. The zero-order valence-electron chi connectivity index (χ0n) is 17.5. The highest BCUT2D eigenvalue weighted by Crippen LogP contribution is 2.20. The first-order valence-corrected chi connectivity index (χ1v) is 11.5. The lowest BCUT2D eigenvalue weighted by molar-refractivity contribution is -0.120. The maximum atomic E-state index is 12.0. The number of carbonyl (C=O) groups is 1. The molecule has 0 aromatic heterocycles. The molecule has 1 rings (SSSR count). The fraction of sp³-hybridized carbons (Fsp3) is 0.667. The van der Waals surface area contributed by atoms with Gasteiger partial charge < -0.3 is 10.1 Å². The second-order valence-corrected chi connectivity index (χ2v) is 10.5. The highest BCUT2D eigenvalue weighted by atomic mass is 32.2. The fourth-order valence-electron chi connectivity index (χ4n) is 2.69. The van der Waals surface area contributed by atoms with Crippen LogP contribution in [-0.2, 0) is 19.6 Å². The molecule has 160 valence electrons. The number of unbranched alkanes of at least 4 members (excludes halogenated alkanes) is 1. The Kier molecular flexibility index (Phi) is 10.7. The first kappa shape index (κ1) is 24.6. The summed E-state index contributed by atoms with van der Waals surface area (Å²) in [4.78, 5) is 12.0. The maximum absolute atomic E-state index is 12.0. The molecule has 7 heteroatoms. The second-order valence-electron chi connectivity index (χ2n) is 8.01. The number of amides is 1. The van der Waals surface area contributed by atoms with Gasteiger partial charge in [-0.3, -0.25) is 4.79 Å². The quantitative estimate of drug-likeness (QED) is 0.379. The van der Waals surface area contributed by atoms with Crippen LogP contribution in [0, 0.1) is 0 Å². The van der Waals surface area contributed by atoms with E-state index in [2.05, 4.69) is 16.6 Å². The van der Waals surface area contributed by atoms with Gasteiger partial charge in [-0.1, -0.05) is 31.6 Å². The van der Waals surface area contributed by atoms with E-state index in [0.29, 0.717) is 44.2 Å². The van der Waals surface area contributed by atoms with Crippen molar-refractivity contribution in [2.45, 2.75) is 76.6 Å². The largest absolute Gasteiger partial charge is 0.374 e. The van der Waals surface area contributed by atoms with Crippen LogP contribution in [0.25, 0.3) is 0 Å². The van der Waals surface area contributed by atoms with Crippen molar-refractivity contribution in [3.63, 3.8) is 0 Å². The number of nitrogens with one attached hydrogen (secondary N) is 2.